The maximum Gasteiger partial charge on any atom is 0.0298 e. The largest absolute Gasteiger partial charge is 0.324 e. The molecule has 0 saturated carbocycles. The van der Waals surface area contributed by atoms with Crippen LogP contribution in [-0.2, 0) is 0 Å². The maximum atomic E-state index is 6.11. The Hall–Kier alpha value is -1.34. The molecule has 0 radical (unpaired) electrons. The highest BCUT2D eigenvalue weighted by molar-refractivity contribution is 5.88. The quantitative estimate of drug-likeness (QED) is 0.786. The van der Waals surface area contributed by atoms with E-state index in [4.69, 9.17) is 5.73 Å². The first-order chi connectivity index (χ1) is 7.24. The van der Waals surface area contributed by atoms with Crippen LogP contribution in [0.3, 0.4) is 0 Å². The first-order valence-corrected chi connectivity index (χ1v) is 5.48. The highest BCUT2D eigenvalue weighted by Gasteiger charge is 2.08. The maximum absolute atomic E-state index is 6.11. The third-order valence-corrected chi connectivity index (χ3v) is 3.02. The van der Waals surface area contributed by atoms with E-state index in [0.717, 1.165) is 6.42 Å². The Morgan fingerprint density at radius 3 is 2.40 bits per heavy atom. The molecule has 2 aromatic rings. The van der Waals surface area contributed by atoms with Crippen molar-refractivity contribution >= 4 is 10.8 Å². The van der Waals surface area contributed by atoms with E-state index in [2.05, 4.69) is 50.2 Å². The molecule has 15 heavy (non-hydrogen) atoms. The molecule has 1 unspecified atom stereocenters. The minimum absolute atomic E-state index is 0.149. The summed E-state index contributed by atoms with van der Waals surface area (Å²) in [5.41, 5.74) is 8.69. The molecule has 0 spiro atoms. The third kappa shape index (κ3) is 1.75. The average Bonchev–Trinajstić information content (AvgIpc) is 2.29. The van der Waals surface area contributed by atoms with Gasteiger partial charge in [-0.25, -0.2) is 0 Å². The lowest BCUT2D eigenvalue weighted by molar-refractivity contribution is 0.704. The molecule has 1 heteroatoms. The van der Waals surface area contributed by atoms with Gasteiger partial charge in [-0.15, -0.1) is 0 Å². The van der Waals surface area contributed by atoms with Crippen molar-refractivity contribution in [3.8, 4) is 0 Å². The van der Waals surface area contributed by atoms with Crippen LogP contribution in [0.25, 0.3) is 10.8 Å². The predicted molar refractivity (Wildman–Crippen MR) is 65.9 cm³/mol. The molecule has 0 aromatic heterocycles. The van der Waals surface area contributed by atoms with Gasteiger partial charge in [-0.3, -0.25) is 0 Å². The SMILES string of the molecule is CCC(N)c1ccc(C)c2ccccc12. The third-order valence-electron chi connectivity index (χ3n) is 3.02. The number of nitrogens with two attached hydrogens (primary N) is 1. The Morgan fingerprint density at radius 2 is 1.73 bits per heavy atom. The summed E-state index contributed by atoms with van der Waals surface area (Å²) in [6.45, 7) is 4.27. The van der Waals surface area contributed by atoms with Gasteiger partial charge in [-0.2, -0.15) is 0 Å². The Bertz CT molecular complexity index is 474. The molecule has 0 aliphatic heterocycles. The lowest BCUT2D eigenvalue weighted by Gasteiger charge is -2.13. The molecule has 1 atom stereocenters. The molecule has 2 rings (SSSR count). The fourth-order valence-corrected chi connectivity index (χ4v) is 2.02. The second-order valence-corrected chi connectivity index (χ2v) is 4.03. The molecule has 0 fully saturated rings. The van der Waals surface area contributed by atoms with Gasteiger partial charge in [-0.05, 0) is 35.2 Å². The van der Waals surface area contributed by atoms with E-state index in [0.29, 0.717) is 0 Å². The van der Waals surface area contributed by atoms with E-state index >= 15 is 0 Å². The molecule has 2 N–H and O–H groups in total. The van der Waals surface area contributed by atoms with E-state index in [-0.39, 0.29) is 6.04 Å². The van der Waals surface area contributed by atoms with E-state index in [1.165, 1.54) is 21.9 Å². The van der Waals surface area contributed by atoms with Gasteiger partial charge in [0.05, 0.1) is 0 Å². The molecule has 0 aliphatic rings. The van der Waals surface area contributed by atoms with Crippen LogP contribution in [0, 0.1) is 6.92 Å². The molecule has 1 nitrogen and oxygen atoms in total. The fourth-order valence-electron chi connectivity index (χ4n) is 2.02. The Labute approximate surface area is 90.9 Å². The minimum atomic E-state index is 0.149. The summed E-state index contributed by atoms with van der Waals surface area (Å²) >= 11 is 0. The number of aryl methyl sites for hydroxylation is 1. The van der Waals surface area contributed by atoms with Crippen molar-refractivity contribution in [1.82, 2.24) is 0 Å². The molecular weight excluding hydrogens is 182 g/mol. The number of rotatable bonds is 2. The van der Waals surface area contributed by atoms with Crippen LogP contribution >= 0.6 is 0 Å². The lowest BCUT2D eigenvalue weighted by Crippen LogP contribution is -2.09. The first-order valence-electron chi connectivity index (χ1n) is 5.48. The summed E-state index contributed by atoms with van der Waals surface area (Å²) in [6, 6.07) is 12.9. The van der Waals surface area contributed by atoms with E-state index < -0.39 is 0 Å². The van der Waals surface area contributed by atoms with Crippen molar-refractivity contribution in [2.24, 2.45) is 5.73 Å². The minimum Gasteiger partial charge on any atom is -0.324 e. The summed E-state index contributed by atoms with van der Waals surface area (Å²) in [5, 5.41) is 2.62. The summed E-state index contributed by atoms with van der Waals surface area (Å²) < 4.78 is 0. The van der Waals surface area contributed by atoms with Crippen molar-refractivity contribution in [2.45, 2.75) is 26.3 Å². The fraction of sp³-hybridized carbons (Fsp3) is 0.286. The molecule has 0 aliphatic carbocycles. The summed E-state index contributed by atoms with van der Waals surface area (Å²) in [5.74, 6) is 0. The summed E-state index contributed by atoms with van der Waals surface area (Å²) in [4.78, 5) is 0. The summed E-state index contributed by atoms with van der Waals surface area (Å²) in [7, 11) is 0. The molecular formula is C14H17N. The zero-order valence-electron chi connectivity index (χ0n) is 9.33. The van der Waals surface area contributed by atoms with E-state index in [1.807, 2.05) is 0 Å². The van der Waals surface area contributed by atoms with Crippen molar-refractivity contribution in [3.63, 3.8) is 0 Å². The lowest BCUT2D eigenvalue weighted by atomic mass is 9.95. The van der Waals surface area contributed by atoms with Crippen molar-refractivity contribution in [1.29, 1.82) is 0 Å². The monoisotopic (exact) mass is 199 g/mol. The van der Waals surface area contributed by atoms with Crippen LogP contribution in [0.15, 0.2) is 36.4 Å². The number of benzene rings is 2. The molecule has 2 aromatic carbocycles. The molecule has 78 valence electrons. The van der Waals surface area contributed by atoms with Gasteiger partial charge in [0.25, 0.3) is 0 Å². The van der Waals surface area contributed by atoms with Gasteiger partial charge in [0.15, 0.2) is 0 Å². The normalized spacial score (nSPS) is 13.0. The Kier molecular flexibility index (Phi) is 2.74. The van der Waals surface area contributed by atoms with Crippen LogP contribution in [0.1, 0.15) is 30.5 Å². The van der Waals surface area contributed by atoms with Crippen LogP contribution in [-0.4, -0.2) is 0 Å². The highest BCUT2D eigenvalue weighted by Crippen LogP contribution is 2.26. The molecule has 0 heterocycles. The predicted octanol–water partition coefficient (Wildman–Crippen LogP) is 3.56. The molecule has 0 saturated heterocycles. The number of hydrogen-bond donors (Lipinski definition) is 1. The van der Waals surface area contributed by atoms with Crippen molar-refractivity contribution < 1.29 is 0 Å². The van der Waals surface area contributed by atoms with Crippen LogP contribution in [0.4, 0.5) is 0 Å². The number of hydrogen-bond acceptors (Lipinski definition) is 1. The van der Waals surface area contributed by atoms with Gasteiger partial charge in [0.1, 0.15) is 0 Å². The van der Waals surface area contributed by atoms with Gasteiger partial charge in [-0.1, -0.05) is 43.3 Å². The Morgan fingerprint density at radius 1 is 1.07 bits per heavy atom. The second kappa shape index (κ2) is 4.03. The highest BCUT2D eigenvalue weighted by atomic mass is 14.6. The zero-order valence-corrected chi connectivity index (χ0v) is 9.33. The second-order valence-electron chi connectivity index (χ2n) is 4.03. The van der Waals surface area contributed by atoms with Gasteiger partial charge in [0.2, 0.25) is 0 Å². The van der Waals surface area contributed by atoms with Crippen LogP contribution < -0.4 is 5.73 Å². The van der Waals surface area contributed by atoms with Crippen molar-refractivity contribution in [2.75, 3.05) is 0 Å². The first kappa shape index (κ1) is 10.2. The standard InChI is InChI=1S/C14H17N/c1-3-14(15)13-9-8-10(2)11-6-4-5-7-12(11)13/h4-9,14H,3,15H2,1-2H3. The Balaban J connectivity index is 2.71. The van der Waals surface area contributed by atoms with Crippen LogP contribution in [0.2, 0.25) is 0 Å². The van der Waals surface area contributed by atoms with Gasteiger partial charge < -0.3 is 5.73 Å². The van der Waals surface area contributed by atoms with Gasteiger partial charge >= 0.3 is 0 Å². The van der Waals surface area contributed by atoms with Crippen LogP contribution in [0.5, 0.6) is 0 Å². The smallest absolute Gasteiger partial charge is 0.0298 e. The average molecular weight is 199 g/mol. The summed E-state index contributed by atoms with van der Waals surface area (Å²) in [6.07, 6.45) is 0.979. The van der Waals surface area contributed by atoms with E-state index in [1.54, 1.807) is 0 Å². The molecule has 0 amide bonds. The molecule has 0 bridgehead atoms. The number of fused-ring (bicyclic) bond motifs is 1. The van der Waals surface area contributed by atoms with Crippen molar-refractivity contribution in [3.05, 3.63) is 47.5 Å². The van der Waals surface area contributed by atoms with Gasteiger partial charge in [0, 0.05) is 6.04 Å². The van der Waals surface area contributed by atoms with E-state index in [9.17, 15) is 0 Å². The topological polar surface area (TPSA) is 26.0 Å². The zero-order chi connectivity index (χ0) is 10.8.